The average molecular weight is 922 g/mol. The first-order valence-corrected chi connectivity index (χ1v) is 25.5. The molecule has 0 atom stereocenters. The van der Waals surface area contributed by atoms with Crippen LogP contribution in [0.4, 0.5) is 17.1 Å². The summed E-state index contributed by atoms with van der Waals surface area (Å²) in [5.41, 5.74) is 13.2. The van der Waals surface area contributed by atoms with Gasteiger partial charge in [0.1, 0.15) is 0 Å². The maximum atomic E-state index is 2.52. The van der Waals surface area contributed by atoms with Crippen LogP contribution in [0.15, 0.2) is 249 Å². The molecule has 14 rings (SSSR count). The Hall–Kier alpha value is -8.56. The molecular formula is C69H47NS. The summed E-state index contributed by atoms with van der Waals surface area (Å²) in [6, 6.07) is 93.0. The number of thiophene rings is 1. The van der Waals surface area contributed by atoms with Gasteiger partial charge in [0.25, 0.3) is 0 Å². The minimum absolute atomic E-state index is 0.174. The van der Waals surface area contributed by atoms with Crippen molar-refractivity contribution in [1.82, 2.24) is 0 Å². The lowest BCUT2D eigenvalue weighted by atomic mass is 9.82. The number of hydrogen-bond donors (Lipinski definition) is 0. The second-order valence-corrected chi connectivity index (χ2v) is 20.6. The van der Waals surface area contributed by atoms with Gasteiger partial charge in [0, 0.05) is 42.5 Å². The molecule has 0 bridgehead atoms. The summed E-state index contributed by atoms with van der Waals surface area (Å²) in [6.07, 6.45) is 0. The standard InChI is InChI=1S/C69H47NS/c1-69(2)64-29-15-12-27-57(64)58-39-37-48(41-65(58)69)70(66-30-16-13-20-49(66)46-34-32-45(33-35-46)44-18-4-3-5-19-44)47-36-38-56-60(40-47)54-25-10-8-23-52(54)50-21-6-7-22-51(50)53-24-9-11-26-55(53)62-43-68-63(42-61(56)62)59-28-14-17-31-67(59)71-68/h3-43H,1-2H3. The van der Waals surface area contributed by atoms with Crippen molar-refractivity contribution in [2.24, 2.45) is 0 Å². The fourth-order valence-corrected chi connectivity index (χ4v) is 13.0. The molecule has 0 fully saturated rings. The number of anilines is 3. The quantitative estimate of drug-likeness (QED) is 0.166. The Kier molecular flexibility index (Phi) is 9.49. The van der Waals surface area contributed by atoms with Crippen LogP contribution in [0.1, 0.15) is 25.0 Å². The molecule has 1 aliphatic carbocycles. The van der Waals surface area contributed by atoms with Gasteiger partial charge in [-0.1, -0.05) is 214 Å². The molecular weight excluding hydrogens is 875 g/mol. The van der Waals surface area contributed by atoms with Gasteiger partial charge >= 0.3 is 0 Å². The molecule has 0 amide bonds. The predicted molar refractivity (Wildman–Crippen MR) is 308 cm³/mol. The fourth-order valence-electron chi connectivity index (χ4n) is 11.8. The second-order valence-electron chi connectivity index (χ2n) is 19.6. The van der Waals surface area contributed by atoms with Gasteiger partial charge in [-0.15, -0.1) is 11.3 Å². The predicted octanol–water partition coefficient (Wildman–Crippen LogP) is 20.1. The minimum atomic E-state index is -0.174. The van der Waals surface area contributed by atoms with E-state index < -0.39 is 0 Å². The molecule has 13 aromatic rings. The van der Waals surface area contributed by atoms with E-state index in [9.17, 15) is 0 Å². The maximum absolute atomic E-state index is 2.52. The first kappa shape index (κ1) is 41.4. The second kappa shape index (κ2) is 16.3. The van der Waals surface area contributed by atoms with E-state index >= 15 is 0 Å². The third-order valence-electron chi connectivity index (χ3n) is 15.3. The molecule has 1 aromatic heterocycles. The van der Waals surface area contributed by atoms with Gasteiger partial charge in [-0.2, -0.15) is 0 Å². The van der Waals surface area contributed by atoms with Crippen molar-refractivity contribution in [3.8, 4) is 33.4 Å². The highest BCUT2D eigenvalue weighted by Crippen LogP contribution is 2.52. The van der Waals surface area contributed by atoms with Crippen LogP contribution in [-0.4, -0.2) is 0 Å². The molecule has 12 aromatic carbocycles. The summed E-state index contributed by atoms with van der Waals surface area (Å²) in [5.74, 6) is 0. The Bertz CT molecular complexity index is 4370. The molecule has 1 nitrogen and oxygen atoms in total. The Morgan fingerprint density at radius 2 is 0.746 bits per heavy atom. The van der Waals surface area contributed by atoms with Crippen LogP contribution in [0.5, 0.6) is 0 Å². The third-order valence-corrected chi connectivity index (χ3v) is 16.4. The maximum Gasteiger partial charge on any atom is 0.0540 e. The van der Waals surface area contributed by atoms with Crippen LogP contribution in [-0.2, 0) is 5.41 Å². The first-order chi connectivity index (χ1) is 35.0. The highest BCUT2D eigenvalue weighted by atomic mass is 32.1. The van der Waals surface area contributed by atoms with E-state index in [4.69, 9.17) is 0 Å². The van der Waals surface area contributed by atoms with Crippen molar-refractivity contribution in [3.05, 3.63) is 260 Å². The Labute approximate surface area is 417 Å². The molecule has 2 heteroatoms. The van der Waals surface area contributed by atoms with E-state index in [0.717, 1.165) is 22.6 Å². The first-order valence-electron chi connectivity index (χ1n) is 24.7. The van der Waals surface area contributed by atoms with Gasteiger partial charge in [0.2, 0.25) is 0 Å². The van der Waals surface area contributed by atoms with Gasteiger partial charge in [-0.05, 0) is 141 Å². The molecule has 0 aliphatic heterocycles. The summed E-state index contributed by atoms with van der Waals surface area (Å²) in [6.45, 7) is 4.76. The molecule has 0 unspecified atom stereocenters. The fraction of sp³-hybridized carbons (Fsp3) is 0.0435. The molecule has 0 saturated heterocycles. The zero-order chi connectivity index (χ0) is 47.2. The lowest BCUT2D eigenvalue weighted by molar-refractivity contribution is 0.660. The van der Waals surface area contributed by atoms with Crippen molar-refractivity contribution in [1.29, 1.82) is 0 Å². The number of nitrogens with zero attached hydrogens (tertiary/aromatic N) is 1. The molecule has 0 N–H and O–H groups in total. The highest BCUT2D eigenvalue weighted by molar-refractivity contribution is 7.25. The van der Waals surface area contributed by atoms with E-state index in [0.29, 0.717) is 0 Å². The number of fused-ring (bicyclic) bond motifs is 16. The largest absolute Gasteiger partial charge is 0.310 e. The van der Waals surface area contributed by atoms with Gasteiger partial charge in [0.05, 0.1) is 5.69 Å². The topological polar surface area (TPSA) is 3.24 Å². The summed E-state index contributed by atoms with van der Waals surface area (Å²) in [5, 5.41) is 14.8. The molecule has 71 heavy (non-hydrogen) atoms. The van der Waals surface area contributed by atoms with Crippen LogP contribution in [0.25, 0.3) is 107 Å². The van der Waals surface area contributed by atoms with E-state index in [2.05, 4.69) is 267 Å². The van der Waals surface area contributed by atoms with Crippen LogP contribution >= 0.6 is 11.3 Å². The zero-order valence-corrected chi connectivity index (χ0v) is 40.3. The van der Waals surface area contributed by atoms with Crippen LogP contribution in [0, 0.1) is 0 Å². The number of hydrogen-bond acceptors (Lipinski definition) is 2. The summed E-state index contributed by atoms with van der Waals surface area (Å²) >= 11 is 1.88. The van der Waals surface area contributed by atoms with Gasteiger partial charge in [0.15, 0.2) is 0 Å². The van der Waals surface area contributed by atoms with Gasteiger partial charge in [-0.3, -0.25) is 0 Å². The molecule has 0 radical (unpaired) electrons. The SMILES string of the molecule is CC1(C)c2ccccc2-c2ccc(N(c3ccc4c(c3)c3ccccc3c3ccccc3c3ccccc3c3cc5sc6ccccc6c5cc43)c3ccccc3-c3ccc(-c4ccccc4)cc3)cc21. The average Bonchev–Trinajstić information content (AvgIpc) is 3.91. The molecule has 1 heterocycles. The summed E-state index contributed by atoms with van der Waals surface area (Å²) < 4.78 is 2.60. The van der Waals surface area contributed by atoms with Crippen molar-refractivity contribution >= 4 is 102 Å². The Morgan fingerprint density at radius 1 is 0.282 bits per heavy atom. The number of benzene rings is 11. The van der Waals surface area contributed by atoms with Crippen molar-refractivity contribution in [2.75, 3.05) is 4.90 Å². The van der Waals surface area contributed by atoms with E-state index in [1.807, 2.05) is 11.3 Å². The summed E-state index contributed by atoms with van der Waals surface area (Å²) in [4.78, 5) is 2.52. The Morgan fingerprint density at radius 3 is 1.44 bits per heavy atom. The van der Waals surface area contributed by atoms with E-state index in [1.165, 1.54) is 113 Å². The molecule has 0 spiro atoms. The molecule has 0 saturated carbocycles. The smallest absolute Gasteiger partial charge is 0.0540 e. The van der Waals surface area contributed by atoms with Crippen LogP contribution in [0.3, 0.4) is 0 Å². The van der Waals surface area contributed by atoms with Crippen molar-refractivity contribution in [3.63, 3.8) is 0 Å². The molecule has 334 valence electrons. The van der Waals surface area contributed by atoms with E-state index in [1.54, 1.807) is 0 Å². The van der Waals surface area contributed by atoms with E-state index in [-0.39, 0.29) is 5.41 Å². The van der Waals surface area contributed by atoms with Gasteiger partial charge < -0.3 is 4.90 Å². The third kappa shape index (κ3) is 6.59. The monoisotopic (exact) mass is 921 g/mol. The summed E-state index contributed by atoms with van der Waals surface area (Å²) in [7, 11) is 0. The van der Waals surface area contributed by atoms with Crippen molar-refractivity contribution in [2.45, 2.75) is 19.3 Å². The van der Waals surface area contributed by atoms with Crippen LogP contribution in [0.2, 0.25) is 0 Å². The number of rotatable bonds is 5. The van der Waals surface area contributed by atoms with Crippen molar-refractivity contribution < 1.29 is 0 Å². The lowest BCUT2D eigenvalue weighted by Gasteiger charge is -2.30. The number of para-hydroxylation sites is 1. The minimum Gasteiger partial charge on any atom is -0.310 e. The van der Waals surface area contributed by atoms with Crippen LogP contribution < -0.4 is 4.90 Å². The van der Waals surface area contributed by atoms with Gasteiger partial charge in [-0.25, -0.2) is 0 Å². The molecule has 1 aliphatic rings. The highest BCUT2D eigenvalue weighted by Gasteiger charge is 2.36. The zero-order valence-electron chi connectivity index (χ0n) is 39.5. The Balaban J connectivity index is 1.11. The lowest BCUT2D eigenvalue weighted by Crippen LogP contribution is -2.16. The normalized spacial score (nSPS) is 12.8.